The van der Waals surface area contributed by atoms with Crippen molar-refractivity contribution in [2.45, 2.75) is 6.54 Å². The molecule has 4 rings (SSSR count). The van der Waals surface area contributed by atoms with Crippen LogP contribution in [-0.4, -0.2) is 29.2 Å². The van der Waals surface area contributed by atoms with Gasteiger partial charge in [0.05, 0.1) is 0 Å². The second kappa shape index (κ2) is 6.73. The van der Waals surface area contributed by atoms with Crippen LogP contribution < -0.4 is 3.78 Å². The zero-order valence-corrected chi connectivity index (χ0v) is 15.3. The van der Waals surface area contributed by atoms with Crippen molar-refractivity contribution in [3.05, 3.63) is 83.5 Å². The first-order valence-corrected chi connectivity index (χ1v) is 10.1. The van der Waals surface area contributed by atoms with Crippen LogP contribution >= 0.6 is 11.3 Å². The van der Waals surface area contributed by atoms with Crippen LogP contribution in [0.4, 0.5) is 0 Å². The summed E-state index contributed by atoms with van der Waals surface area (Å²) < 4.78 is 3.49. The van der Waals surface area contributed by atoms with E-state index in [1.54, 1.807) is 11.3 Å². The molecule has 2 aromatic heterocycles. The summed E-state index contributed by atoms with van der Waals surface area (Å²) in [5, 5.41) is 2.02. The van der Waals surface area contributed by atoms with Gasteiger partial charge in [-0.2, -0.15) is 0 Å². The molecule has 0 saturated carbocycles. The number of aromatic nitrogens is 2. The summed E-state index contributed by atoms with van der Waals surface area (Å²) in [7, 11) is 0. The monoisotopic (exact) mass is 398 g/mol. The third kappa shape index (κ3) is 3.06. The minimum atomic E-state index is -0.165. The molecule has 0 atom stereocenters. The second-order valence-electron chi connectivity index (χ2n) is 5.34. The van der Waals surface area contributed by atoms with E-state index in [4.69, 9.17) is 0 Å². The normalized spacial score (nSPS) is 11.0. The fourth-order valence-corrected chi connectivity index (χ4v) is 5.53. The van der Waals surface area contributed by atoms with E-state index in [0.717, 1.165) is 25.9 Å². The van der Waals surface area contributed by atoms with Crippen LogP contribution in [0.3, 0.4) is 0 Å². The van der Waals surface area contributed by atoms with Crippen molar-refractivity contribution < 1.29 is 4.79 Å². The van der Waals surface area contributed by atoms with Gasteiger partial charge in [0.25, 0.3) is 0 Å². The topological polar surface area (TPSA) is 34.9 Å². The SMILES string of the molecule is O=C([Se]c1cccs1)c1ccccc1Cn1cnc2ccccc21. The van der Waals surface area contributed by atoms with Gasteiger partial charge in [-0.1, -0.05) is 0 Å². The van der Waals surface area contributed by atoms with E-state index in [1.165, 1.54) is 0 Å². The maximum atomic E-state index is 12.7. The van der Waals surface area contributed by atoms with Crippen molar-refractivity contribution >= 4 is 45.8 Å². The molecular weight excluding hydrogens is 383 g/mol. The van der Waals surface area contributed by atoms with Crippen molar-refractivity contribution in [2.24, 2.45) is 0 Å². The van der Waals surface area contributed by atoms with E-state index in [0.29, 0.717) is 6.54 Å². The minimum absolute atomic E-state index is 0.165. The Morgan fingerprint density at radius 2 is 1.88 bits per heavy atom. The molecule has 5 heteroatoms. The number of rotatable bonds is 5. The first-order chi connectivity index (χ1) is 11.8. The zero-order valence-electron chi connectivity index (χ0n) is 12.8. The number of carbonyl (C=O) groups excluding carboxylic acids is 1. The average molecular weight is 397 g/mol. The van der Waals surface area contributed by atoms with Gasteiger partial charge in [-0.15, -0.1) is 0 Å². The van der Waals surface area contributed by atoms with Gasteiger partial charge in [0.1, 0.15) is 0 Å². The average Bonchev–Trinajstić information content (AvgIpc) is 3.26. The van der Waals surface area contributed by atoms with Crippen LogP contribution in [0.2, 0.25) is 0 Å². The molecule has 0 radical (unpaired) electrons. The van der Waals surface area contributed by atoms with Crippen molar-refractivity contribution in [3.63, 3.8) is 0 Å². The van der Waals surface area contributed by atoms with Crippen LogP contribution in [0.15, 0.2) is 72.4 Å². The molecule has 0 unspecified atom stereocenters. The van der Waals surface area contributed by atoms with E-state index in [1.807, 2.05) is 66.3 Å². The molecule has 118 valence electrons. The number of hydrogen-bond acceptors (Lipinski definition) is 3. The molecule has 0 aliphatic carbocycles. The molecule has 0 bridgehead atoms. The number of benzene rings is 2. The molecule has 3 nitrogen and oxygen atoms in total. The van der Waals surface area contributed by atoms with Crippen molar-refractivity contribution in [1.29, 1.82) is 0 Å². The van der Waals surface area contributed by atoms with Crippen molar-refractivity contribution in [1.82, 2.24) is 9.55 Å². The predicted molar refractivity (Wildman–Crippen MR) is 99.3 cm³/mol. The van der Waals surface area contributed by atoms with Crippen LogP contribution in [0.1, 0.15) is 15.9 Å². The third-order valence-corrected chi connectivity index (χ3v) is 7.05. The van der Waals surface area contributed by atoms with Gasteiger partial charge in [0.15, 0.2) is 0 Å². The van der Waals surface area contributed by atoms with Gasteiger partial charge in [-0.05, 0) is 0 Å². The summed E-state index contributed by atoms with van der Waals surface area (Å²) in [5.74, 6) is 0. The number of nitrogens with zero attached hydrogens (tertiary/aromatic N) is 2. The summed E-state index contributed by atoms with van der Waals surface area (Å²) in [6, 6.07) is 20.0. The maximum absolute atomic E-state index is 12.7. The quantitative estimate of drug-likeness (QED) is 0.485. The second-order valence-corrected chi connectivity index (χ2v) is 9.00. The summed E-state index contributed by atoms with van der Waals surface area (Å²) in [6.45, 7) is 0.656. The Labute approximate surface area is 150 Å². The summed E-state index contributed by atoms with van der Waals surface area (Å²) in [5.41, 5.74) is 3.93. The van der Waals surface area contributed by atoms with E-state index < -0.39 is 0 Å². The molecule has 0 saturated heterocycles. The molecule has 24 heavy (non-hydrogen) atoms. The Morgan fingerprint density at radius 1 is 1.04 bits per heavy atom. The van der Waals surface area contributed by atoms with Gasteiger partial charge in [0.2, 0.25) is 0 Å². The summed E-state index contributed by atoms with van der Waals surface area (Å²) in [6.07, 6.45) is 1.84. The van der Waals surface area contributed by atoms with Crippen LogP contribution in [0, 0.1) is 0 Å². The number of para-hydroxylation sites is 2. The van der Waals surface area contributed by atoms with E-state index in [-0.39, 0.29) is 19.6 Å². The fourth-order valence-electron chi connectivity index (χ4n) is 2.65. The number of thiophene rings is 1. The molecule has 0 N–H and O–H groups in total. The fraction of sp³-hybridized carbons (Fsp3) is 0.0526. The van der Waals surface area contributed by atoms with Crippen molar-refractivity contribution in [3.8, 4) is 0 Å². The van der Waals surface area contributed by atoms with Crippen LogP contribution in [0.25, 0.3) is 11.0 Å². The van der Waals surface area contributed by atoms with E-state index in [9.17, 15) is 4.79 Å². The van der Waals surface area contributed by atoms with Crippen LogP contribution in [0.5, 0.6) is 0 Å². The molecule has 2 aromatic carbocycles. The number of carbonyl (C=O) groups is 1. The van der Waals surface area contributed by atoms with Crippen LogP contribution in [-0.2, 0) is 6.54 Å². The molecule has 2 heterocycles. The van der Waals surface area contributed by atoms with E-state index in [2.05, 4.69) is 15.6 Å². The van der Waals surface area contributed by atoms with Gasteiger partial charge in [0, 0.05) is 0 Å². The Morgan fingerprint density at radius 3 is 2.75 bits per heavy atom. The van der Waals surface area contributed by atoms with E-state index >= 15 is 0 Å². The van der Waals surface area contributed by atoms with Gasteiger partial charge >= 0.3 is 150 Å². The van der Waals surface area contributed by atoms with Gasteiger partial charge in [-0.25, -0.2) is 0 Å². The molecule has 0 aliphatic heterocycles. The summed E-state index contributed by atoms with van der Waals surface area (Å²) >= 11 is 1.49. The van der Waals surface area contributed by atoms with Crippen molar-refractivity contribution in [2.75, 3.05) is 0 Å². The number of fused-ring (bicyclic) bond motifs is 1. The molecule has 4 aromatic rings. The first kappa shape index (κ1) is 15.3. The Kier molecular flexibility index (Phi) is 4.30. The molecule has 0 aliphatic rings. The molecule has 0 amide bonds. The Balaban J connectivity index is 1.65. The zero-order chi connectivity index (χ0) is 16.4. The predicted octanol–water partition coefficient (Wildman–Crippen LogP) is 3.32. The third-order valence-electron chi connectivity index (χ3n) is 3.79. The number of hydrogen-bond donors (Lipinski definition) is 0. The number of imidazole rings is 1. The van der Waals surface area contributed by atoms with Gasteiger partial charge < -0.3 is 0 Å². The Bertz CT molecular complexity index is 991. The summed E-state index contributed by atoms with van der Waals surface area (Å²) in [4.78, 5) is 17.2. The Hall–Kier alpha value is -2.20. The van der Waals surface area contributed by atoms with Gasteiger partial charge in [-0.3, -0.25) is 0 Å². The molecular formula is C19H14N2OSSe. The first-order valence-electron chi connectivity index (χ1n) is 7.55. The standard InChI is InChI=1S/C19H14N2OSSe/c22-19(24-18-10-5-11-23-18)15-7-2-1-6-14(15)12-21-13-20-16-8-3-4-9-17(16)21/h1-11,13H,12H2. The molecule has 0 spiro atoms. The molecule has 0 fully saturated rings.